The summed E-state index contributed by atoms with van der Waals surface area (Å²) in [5.74, 6) is -0.959. The molecule has 0 radical (unpaired) electrons. The molecule has 0 bridgehead atoms. The van der Waals surface area contributed by atoms with E-state index in [0.29, 0.717) is 23.8 Å². The van der Waals surface area contributed by atoms with Crippen LogP contribution in [0.15, 0.2) is 24.3 Å². The van der Waals surface area contributed by atoms with Crippen LogP contribution in [0.5, 0.6) is 0 Å². The number of quaternary nitrogens is 1. The summed E-state index contributed by atoms with van der Waals surface area (Å²) < 4.78 is 4.62. The van der Waals surface area contributed by atoms with E-state index in [1.54, 1.807) is 24.3 Å². The lowest BCUT2D eigenvalue weighted by Gasteiger charge is -2.30. The minimum Gasteiger partial charge on any atom is -0.469 e. The molecule has 1 heterocycles. The second-order valence-corrected chi connectivity index (χ2v) is 5.70. The average molecular weight is 341 g/mol. The summed E-state index contributed by atoms with van der Waals surface area (Å²) in [6.45, 7) is 1.12. The molecule has 3 N–H and O–H groups in total. The molecule has 1 aliphatic heterocycles. The molecule has 1 fully saturated rings. The Hall–Kier alpha value is -2.12. The van der Waals surface area contributed by atoms with Crippen LogP contribution in [0, 0.1) is 0 Å². The van der Waals surface area contributed by atoms with Crippen LogP contribution in [0.1, 0.15) is 6.42 Å². The maximum absolute atomic E-state index is 12.2. The molecule has 124 valence electrons. The molecular weight excluding hydrogens is 322 g/mol. The van der Waals surface area contributed by atoms with Gasteiger partial charge in [0.2, 0.25) is 0 Å². The van der Waals surface area contributed by atoms with Gasteiger partial charge in [-0.15, -0.1) is 0 Å². The summed E-state index contributed by atoms with van der Waals surface area (Å²) in [5.41, 5.74) is 0.591. The maximum atomic E-state index is 12.2. The van der Waals surface area contributed by atoms with E-state index in [1.807, 2.05) is 0 Å². The van der Waals surface area contributed by atoms with E-state index in [-0.39, 0.29) is 24.8 Å². The summed E-state index contributed by atoms with van der Waals surface area (Å²) in [4.78, 5) is 36.3. The molecule has 7 nitrogen and oxygen atoms in total. The topological polar surface area (TPSA) is 88.9 Å². The van der Waals surface area contributed by atoms with Gasteiger partial charge in [0.15, 0.2) is 12.6 Å². The van der Waals surface area contributed by atoms with Crippen LogP contribution in [-0.2, 0) is 19.1 Å². The number of piperazine rings is 1. The number of amides is 2. The molecule has 2 atom stereocenters. The Balaban J connectivity index is 1.99. The van der Waals surface area contributed by atoms with Crippen molar-refractivity contribution in [2.75, 3.05) is 32.1 Å². The third-order valence-corrected chi connectivity index (χ3v) is 3.88. The Morgan fingerprint density at radius 2 is 2.26 bits per heavy atom. The fourth-order valence-corrected chi connectivity index (χ4v) is 2.70. The largest absolute Gasteiger partial charge is 0.469 e. The lowest BCUT2D eigenvalue weighted by atomic mass is 10.1. The van der Waals surface area contributed by atoms with Gasteiger partial charge in [0.25, 0.3) is 11.8 Å². The number of hydrogen-bond acceptors (Lipinski definition) is 4. The molecule has 1 aromatic carbocycles. The normalized spacial score (nSPS) is 20.5. The van der Waals surface area contributed by atoms with Crippen molar-refractivity contribution in [3.63, 3.8) is 0 Å². The molecule has 0 aliphatic carbocycles. The number of halogens is 1. The lowest BCUT2D eigenvalue weighted by Crippen LogP contribution is -3.20. The average Bonchev–Trinajstić information content (AvgIpc) is 2.50. The van der Waals surface area contributed by atoms with Gasteiger partial charge in [0.1, 0.15) is 6.42 Å². The molecule has 1 unspecified atom stereocenters. The van der Waals surface area contributed by atoms with Crippen molar-refractivity contribution in [3.05, 3.63) is 29.3 Å². The molecule has 0 saturated carbocycles. The Kier molecular flexibility index (Phi) is 5.95. The smallest absolute Gasteiger partial charge is 0.312 e. The third kappa shape index (κ3) is 4.94. The predicted octanol–water partition coefficient (Wildman–Crippen LogP) is -0.775. The first-order valence-electron chi connectivity index (χ1n) is 7.24. The van der Waals surface area contributed by atoms with Crippen LogP contribution < -0.4 is 15.5 Å². The number of methoxy groups -OCH3 is 1. The van der Waals surface area contributed by atoms with Crippen molar-refractivity contribution >= 4 is 35.1 Å². The van der Waals surface area contributed by atoms with Crippen LogP contribution >= 0.6 is 11.6 Å². The highest BCUT2D eigenvalue weighted by molar-refractivity contribution is 6.30. The van der Waals surface area contributed by atoms with E-state index in [4.69, 9.17) is 11.6 Å². The standard InChI is InChI=1S/C15H18ClN3O4/c1-23-14(21)8-12-15(22)17-5-6-19(12)9-13(20)18-11-4-2-3-10(16)7-11/h2-4,7,12H,5-6,8-9H2,1H3,(H,17,22)(H,18,20)/p+1/t12-/m1/s1. The highest BCUT2D eigenvalue weighted by Crippen LogP contribution is 2.14. The number of nitrogens with one attached hydrogen (secondary N) is 3. The van der Waals surface area contributed by atoms with Crippen molar-refractivity contribution in [3.8, 4) is 0 Å². The molecule has 0 spiro atoms. The van der Waals surface area contributed by atoms with Gasteiger partial charge < -0.3 is 20.3 Å². The van der Waals surface area contributed by atoms with Crippen LogP contribution in [0.3, 0.4) is 0 Å². The molecule has 1 saturated heterocycles. The van der Waals surface area contributed by atoms with Gasteiger partial charge in [0.05, 0.1) is 20.2 Å². The number of carbonyl (C=O) groups excluding carboxylic acids is 3. The molecule has 8 heteroatoms. The quantitative estimate of drug-likeness (QED) is 0.614. The van der Waals surface area contributed by atoms with Gasteiger partial charge in [-0.25, -0.2) is 0 Å². The molecule has 1 aromatic rings. The second-order valence-electron chi connectivity index (χ2n) is 5.27. The Morgan fingerprint density at radius 3 is 2.96 bits per heavy atom. The highest BCUT2D eigenvalue weighted by atomic mass is 35.5. The van der Waals surface area contributed by atoms with Gasteiger partial charge in [-0.3, -0.25) is 14.4 Å². The molecule has 1 aliphatic rings. The Morgan fingerprint density at radius 1 is 1.48 bits per heavy atom. The van der Waals surface area contributed by atoms with E-state index in [0.717, 1.165) is 4.90 Å². The molecule has 0 aromatic heterocycles. The van der Waals surface area contributed by atoms with Crippen molar-refractivity contribution < 1.29 is 24.0 Å². The monoisotopic (exact) mass is 340 g/mol. The molecule has 2 rings (SSSR count). The van der Waals surface area contributed by atoms with Gasteiger partial charge in [-0.2, -0.15) is 0 Å². The van der Waals surface area contributed by atoms with Gasteiger partial charge >= 0.3 is 5.97 Å². The fourth-order valence-electron chi connectivity index (χ4n) is 2.51. The first-order valence-corrected chi connectivity index (χ1v) is 7.62. The van der Waals surface area contributed by atoms with E-state index < -0.39 is 12.0 Å². The van der Waals surface area contributed by atoms with Crippen molar-refractivity contribution in [1.29, 1.82) is 0 Å². The molecule has 2 amide bonds. The number of ether oxygens (including phenoxy) is 1. The van der Waals surface area contributed by atoms with Gasteiger partial charge in [-0.05, 0) is 18.2 Å². The number of hydrogen-bond donors (Lipinski definition) is 3. The fraction of sp³-hybridized carbons (Fsp3) is 0.400. The van der Waals surface area contributed by atoms with Crippen molar-refractivity contribution in [2.45, 2.75) is 12.5 Å². The van der Waals surface area contributed by atoms with Crippen LogP contribution in [-0.4, -0.2) is 50.6 Å². The summed E-state index contributed by atoms with van der Waals surface area (Å²) in [6, 6.07) is 6.20. The molecule has 23 heavy (non-hydrogen) atoms. The summed E-state index contributed by atoms with van der Waals surface area (Å²) in [6.07, 6.45) is -0.0535. The Labute approximate surface area is 138 Å². The first kappa shape index (κ1) is 17.2. The molecular formula is C15H19ClN3O4+. The van der Waals surface area contributed by atoms with E-state index >= 15 is 0 Å². The SMILES string of the molecule is COC(=O)C[C@@H]1C(=O)NCC[NH+]1CC(=O)Nc1cccc(Cl)c1. The first-order chi connectivity index (χ1) is 11.0. The zero-order valence-electron chi connectivity index (χ0n) is 12.7. The number of esters is 1. The van der Waals surface area contributed by atoms with Gasteiger partial charge in [-0.1, -0.05) is 17.7 Å². The maximum Gasteiger partial charge on any atom is 0.312 e. The second kappa shape index (κ2) is 7.94. The number of carbonyl (C=O) groups is 3. The van der Waals surface area contributed by atoms with E-state index in [9.17, 15) is 14.4 Å². The van der Waals surface area contributed by atoms with E-state index in [1.165, 1.54) is 7.11 Å². The van der Waals surface area contributed by atoms with Crippen molar-refractivity contribution in [1.82, 2.24) is 5.32 Å². The Bertz CT molecular complexity index is 608. The highest BCUT2D eigenvalue weighted by Gasteiger charge is 2.36. The minimum atomic E-state index is -0.624. The van der Waals surface area contributed by atoms with Crippen molar-refractivity contribution in [2.24, 2.45) is 0 Å². The number of benzene rings is 1. The van der Waals surface area contributed by atoms with Crippen LogP contribution in [0.4, 0.5) is 5.69 Å². The zero-order valence-corrected chi connectivity index (χ0v) is 13.5. The summed E-state index contributed by atoms with van der Waals surface area (Å²) in [7, 11) is 1.27. The number of anilines is 1. The zero-order chi connectivity index (χ0) is 16.8. The predicted molar refractivity (Wildman–Crippen MR) is 84.2 cm³/mol. The minimum absolute atomic E-state index is 0.0535. The lowest BCUT2D eigenvalue weighted by molar-refractivity contribution is -0.909. The van der Waals surface area contributed by atoms with E-state index in [2.05, 4.69) is 15.4 Å². The summed E-state index contributed by atoms with van der Waals surface area (Å²) >= 11 is 5.87. The van der Waals surface area contributed by atoms with Gasteiger partial charge in [0, 0.05) is 10.7 Å². The third-order valence-electron chi connectivity index (χ3n) is 3.65. The van der Waals surface area contributed by atoms with Crippen LogP contribution in [0.25, 0.3) is 0 Å². The summed E-state index contributed by atoms with van der Waals surface area (Å²) in [5, 5.41) is 5.97. The van der Waals surface area contributed by atoms with Crippen LogP contribution in [0.2, 0.25) is 5.02 Å². The number of rotatable bonds is 5.